The van der Waals surface area contributed by atoms with E-state index >= 15 is 0 Å². The third-order valence-electron chi connectivity index (χ3n) is 4.30. The van der Waals surface area contributed by atoms with Gasteiger partial charge in [-0.25, -0.2) is 0 Å². The fourth-order valence-corrected chi connectivity index (χ4v) is 2.74. The molecule has 19 heavy (non-hydrogen) atoms. The number of carbonyl (C=O) groups excluding carboxylic acids is 2. The summed E-state index contributed by atoms with van der Waals surface area (Å²) in [5.41, 5.74) is 6.09. The first-order valence-corrected chi connectivity index (χ1v) is 7.40. The molecular formula is C14H25N3O2. The average molecular weight is 267 g/mol. The van der Waals surface area contributed by atoms with E-state index in [0.29, 0.717) is 19.0 Å². The van der Waals surface area contributed by atoms with Crippen molar-refractivity contribution in [1.29, 1.82) is 0 Å². The summed E-state index contributed by atoms with van der Waals surface area (Å²) in [5.74, 6) is 0.738. The number of carbonyl (C=O) groups is 2. The van der Waals surface area contributed by atoms with Crippen LogP contribution in [0.1, 0.15) is 39.0 Å². The molecule has 0 spiro atoms. The molecule has 3 atom stereocenters. The van der Waals surface area contributed by atoms with Gasteiger partial charge in [-0.3, -0.25) is 9.59 Å². The minimum atomic E-state index is -0.0668. The maximum Gasteiger partial charge on any atom is 0.224 e. The fraction of sp³-hybridized carbons (Fsp3) is 0.857. The summed E-state index contributed by atoms with van der Waals surface area (Å²) < 4.78 is 0. The lowest BCUT2D eigenvalue weighted by molar-refractivity contribution is -0.127. The molecule has 3 unspecified atom stereocenters. The second kappa shape index (κ2) is 6.37. The SMILES string of the molecule is CC1CCCC(C(=O)NCCNC(=O)C2CC2)C1N. The van der Waals surface area contributed by atoms with Crippen molar-refractivity contribution >= 4 is 11.8 Å². The minimum Gasteiger partial charge on any atom is -0.354 e. The van der Waals surface area contributed by atoms with Crippen molar-refractivity contribution in [3.63, 3.8) is 0 Å². The van der Waals surface area contributed by atoms with Crippen LogP contribution < -0.4 is 16.4 Å². The van der Waals surface area contributed by atoms with Crippen LogP contribution >= 0.6 is 0 Å². The van der Waals surface area contributed by atoms with E-state index in [2.05, 4.69) is 17.6 Å². The first-order valence-electron chi connectivity index (χ1n) is 7.40. The van der Waals surface area contributed by atoms with Crippen molar-refractivity contribution in [2.75, 3.05) is 13.1 Å². The highest BCUT2D eigenvalue weighted by Gasteiger charge is 2.32. The smallest absolute Gasteiger partial charge is 0.224 e. The third kappa shape index (κ3) is 3.93. The van der Waals surface area contributed by atoms with Crippen LogP contribution in [0.25, 0.3) is 0 Å². The highest BCUT2D eigenvalue weighted by atomic mass is 16.2. The molecule has 4 N–H and O–H groups in total. The van der Waals surface area contributed by atoms with E-state index in [-0.39, 0.29) is 29.7 Å². The number of rotatable bonds is 5. The summed E-state index contributed by atoms with van der Waals surface area (Å²) in [7, 11) is 0. The van der Waals surface area contributed by atoms with Crippen LogP contribution in [0.2, 0.25) is 0 Å². The standard InChI is InChI=1S/C14H25N3O2/c1-9-3-2-4-11(12(9)15)14(19)17-8-7-16-13(18)10-5-6-10/h9-12H,2-8,15H2,1H3,(H,16,18)(H,17,19). The van der Waals surface area contributed by atoms with E-state index in [9.17, 15) is 9.59 Å². The Labute approximate surface area is 114 Å². The molecule has 5 nitrogen and oxygen atoms in total. The van der Waals surface area contributed by atoms with Crippen LogP contribution in [0.5, 0.6) is 0 Å². The van der Waals surface area contributed by atoms with E-state index in [4.69, 9.17) is 5.73 Å². The zero-order chi connectivity index (χ0) is 13.8. The maximum atomic E-state index is 12.0. The second-order valence-electron chi connectivity index (χ2n) is 5.95. The molecule has 0 aromatic heterocycles. The second-order valence-corrected chi connectivity index (χ2v) is 5.95. The number of nitrogens with one attached hydrogen (secondary N) is 2. The lowest BCUT2D eigenvalue weighted by Crippen LogP contribution is -2.48. The largest absolute Gasteiger partial charge is 0.354 e. The van der Waals surface area contributed by atoms with Gasteiger partial charge in [-0.1, -0.05) is 13.3 Å². The Morgan fingerprint density at radius 3 is 2.32 bits per heavy atom. The lowest BCUT2D eigenvalue weighted by atomic mass is 9.78. The molecule has 5 heteroatoms. The molecular weight excluding hydrogens is 242 g/mol. The van der Waals surface area contributed by atoms with Gasteiger partial charge in [0.15, 0.2) is 0 Å². The predicted molar refractivity (Wildman–Crippen MR) is 73.2 cm³/mol. The highest BCUT2D eigenvalue weighted by Crippen LogP contribution is 2.29. The lowest BCUT2D eigenvalue weighted by Gasteiger charge is -2.32. The van der Waals surface area contributed by atoms with Gasteiger partial charge in [0.1, 0.15) is 0 Å². The summed E-state index contributed by atoms with van der Waals surface area (Å²) >= 11 is 0. The van der Waals surface area contributed by atoms with Gasteiger partial charge >= 0.3 is 0 Å². The van der Waals surface area contributed by atoms with Crippen LogP contribution in [-0.2, 0) is 9.59 Å². The van der Waals surface area contributed by atoms with Gasteiger partial charge in [-0.15, -0.1) is 0 Å². The van der Waals surface area contributed by atoms with E-state index in [1.54, 1.807) is 0 Å². The molecule has 2 rings (SSSR count). The Hall–Kier alpha value is -1.10. The fourth-order valence-electron chi connectivity index (χ4n) is 2.74. The van der Waals surface area contributed by atoms with Gasteiger partial charge in [-0.2, -0.15) is 0 Å². The summed E-state index contributed by atoms with van der Waals surface area (Å²) in [5, 5.41) is 5.72. The first-order chi connectivity index (χ1) is 9.09. The van der Waals surface area contributed by atoms with E-state index in [1.807, 2.05) is 0 Å². The number of nitrogens with two attached hydrogens (primary N) is 1. The van der Waals surface area contributed by atoms with Crippen molar-refractivity contribution in [2.24, 2.45) is 23.5 Å². The molecule has 0 saturated heterocycles. The molecule has 2 aliphatic carbocycles. The molecule has 0 heterocycles. The summed E-state index contributed by atoms with van der Waals surface area (Å²) in [6, 6.07) is -0.0326. The van der Waals surface area contributed by atoms with Gasteiger partial charge in [0.05, 0.1) is 5.92 Å². The zero-order valence-corrected chi connectivity index (χ0v) is 11.7. The van der Waals surface area contributed by atoms with Crippen LogP contribution in [0.15, 0.2) is 0 Å². The van der Waals surface area contributed by atoms with Crippen LogP contribution in [-0.4, -0.2) is 30.9 Å². The Morgan fingerprint density at radius 1 is 1.05 bits per heavy atom. The van der Waals surface area contributed by atoms with E-state index in [1.165, 1.54) is 0 Å². The van der Waals surface area contributed by atoms with Crippen molar-refractivity contribution in [3.05, 3.63) is 0 Å². The molecule has 2 fully saturated rings. The van der Waals surface area contributed by atoms with Crippen LogP contribution in [0, 0.1) is 17.8 Å². The molecule has 2 aliphatic rings. The van der Waals surface area contributed by atoms with Crippen LogP contribution in [0.3, 0.4) is 0 Å². The van der Waals surface area contributed by atoms with Gasteiger partial charge in [0.25, 0.3) is 0 Å². The molecule has 0 aromatic carbocycles. The van der Waals surface area contributed by atoms with E-state index in [0.717, 1.165) is 32.1 Å². The molecule has 0 bridgehead atoms. The molecule has 108 valence electrons. The summed E-state index contributed by atoms with van der Waals surface area (Å²) in [6.07, 6.45) is 5.08. The van der Waals surface area contributed by atoms with Crippen LogP contribution in [0.4, 0.5) is 0 Å². The monoisotopic (exact) mass is 267 g/mol. The zero-order valence-electron chi connectivity index (χ0n) is 11.7. The van der Waals surface area contributed by atoms with Crippen molar-refractivity contribution in [2.45, 2.75) is 45.1 Å². The molecule has 0 aromatic rings. The summed E-state index contributed by atoms with van der Waals surface area (Å²) in [6.45, 7) is 3.12. The number of amides is 2. The Kier molecular flexibility index (Phi) is 4.80. The van der Waals surface area contributed by atoms with Gasteiger partial charge in [-0.05, 0) is 31.6 Å². The normalized spacial score (nSPS) is 30.7. The quantitative estimate of drug-likeness (QED) is 0.630. The molecule has 0 radical (unpaired) electrons. The third-order valence-corrected chi connectivity index (χ3v) is 4.30. The number of hydrogen-bond acceptors (Lipinski definition) is 3. The van der Waals surface area contributed by atoms with Crippen molar-refractivity contribution in [3.8, 4) is 0 Å². The first kappa shape index (κ1) is 14.3. The molecule has 0 aliphatic heterocycles. The van der Waals surface area contributed by atoms with Gasteiger partial charge in [0, 0.05) is 25.0 Å². The minimum absolute atomic E-state index is 0.0326. The Bertz CT molecular complexity index is 342. The van der Waals surface area contributed by atoms with Gasteiger partial charge < -0.3 is 16.4 Å². The Morgan fingerprint density at radius 2 is 1.68 bits per heavy atom. The maximum absolute atomic E-state index is 12.0. The van der Waals surface area contributed by atoms with Gasteiger partial charge in [0.2, 0.25) is 11.8 Å². The predicted octanol–water partition coefficient (Wildman–Crippen LogP) is 0.392. The highest BCUT2D eigenvalue weighted by molar-refractivity contribution is 5.81. The van der Waals surface area contributed by atoms with Crippen molar-refractivity contribution < 1.29 is 9.59 Å². The molecule has 2 amide bonds. The molecule has 2 saturated carbocycles. The van der Waals surface area contributed by atoms with E-state index < -0.39 is 0 Å². The summed E-state index contributed by atoms with van der Waals surface area (Å²) in [4.78, 5) is 23.4. The Balaban J connectivity index is 1.64. The topological polar surface area (TPSA) is 84.2 Å². The number of hydrogen-bond donors (Lipinski definition) is 3. The van der Waals surface area contributed by atoms with Crippen molar-refractivity contribution in [1.82, 2.24) is 10.6 Å². The average Bonchev–Trinajstić information content (AvgIpc) is 3.21.